The predicted molar refractivity (Wildman–Crippen MR) is 58.6 cm³/mol. The number of nitrogen functional groups attached to an aromatic ring is 1. The van der Waals surface area contributed by atoms with E-state index in [1.165, 1.54) is 10.4 Å². The Morgan fingerprint density at radius 1 is 0.923 bits per heavy atom. The Morgan fingerprint density at radius 3 is 2.31 bits per heavy atom. The molecule has 0 bridgehead atoms. The third kappa shape index (κ3) is 1.84. The highest BCUT2D eigenvalue weighted by Crippen LogP contribution is 2.23. The van der Waals surface area contributed by atoms with E-state index >= 15 is 0 Å². The van der Waals surface area contributed by atoms with Crippen LogP contribution in [0.1, 0.15) is 0 Å². The molecule has 0 aliphatic rings. The minimum Gasteiger partial charge on any atom is -0.399 e. The van der Waals surface area contributed by atoms with Crippen LogP contribution in [0.2, 0.25) is 0 Å². The molecule has 0 aliphatic heterocycles. The molecule has 0 amide bonds. The number of nitrogens with two attached hydrogens (primary N) is 1. The summed E-state index contributed by atoms with van der Waals surface area (Å²) in [6, 6.07) is 14.1. The first-order valence-corrected chi connectivity index (χ1v) is 4.97. The summed E-state index contributed by atoms with van der Waals surface area (Å²) in [5.41, 5.74) is 7.64. The number of benzene rings is 1. The highest BCUT2D eigenvalue weighted by Gasteiger charge is 2.05. The van der Waals surface area contributed by atoms with Gasteiger partial charge in [0.1, 0.15) is 0 Å². The van der Waals surface area contributed by atoms with Crippen LogP contribution < -0.4 is 5.73 Å². The molecule has 1 aromatic carbocycles. The van der Waals surface area contributed by atoms with Crippen molar-refractivity contribution < 1.29 is 0 Å². The maximum Gasteiger partial charge on any atom is 0.237 e. The van der Waals surface area contributed by atoms with Crippen LogP contribution >= 0.6 is 11.3 Å². The van der Waals surface area contributed by atoms with Crippen molar-refractivity contribution in [2.24, 2.45) is 0 Å². The molecule has 0 spiro atoms. The van der Waals surface area contributed by atoms with Crippen LogP contribution in [0.25, 0.3) is 10.4 Å². The number of hydrogen-bond donors (Lipinski definition) is 1. The molecule has 64 valence electrons. The Balaban J connectivity index is 2.42. The molecule has 0 aliphatic carbocycles. The molecule has 0 saturated carbocycles. The average molecular weight is 188 g/mol. The Morgan fingerprint density at radius 2 is 1.69 bits per heavy atom. The van der Waals surface area contributed by atoms with Crippen LogP contribution in [0.3, 0.4) is 0 Å². The minimum atomic E-state index is 0.810. The zero-order valence-electron chi connectivity index (χ0n) is 7.10. The molecule has 0 fully saturated rings. The summed E-state index contributed by atoms with van der Waals surface area (Å²) in [4.78, 5) is 1.27. The number of anilines is 1. The zero-order valence-corrected chi connectivity index (χ0v) is 7.92. The van der Waals surface area contributed by atoms with E-state index in [-0.39, 0.29) is 0 Å². The summed E-state index contributed by atoms with van der Waals surface area (Å²) in [6.45, 7) is 0. The second-order valence-electron chi connectivity index (χ2n) is 2.79. The lowest BCUT2D eigenvalue weighted by atomic mass is 10.2. The summed E-state index contributed by atoms with van der Waals surface area (Å²) in [7, 11) is 0. The van der Waals surface area contributed by atoms with Gasteiger partial charge in [-0.1, -0.05) is 6.07 Å². The second-order valence-corrected chi connectivity index (χ2v) is 3.74. The molecule has 2 N–H and O–H groups in total. The lowest BCUT2D eigenvalue weighted by molar-refractivity contribution is 1.67. The van der Waals surface area contributed by atoms with Crippen LogP contribution in [0, 0.1) is 0 Å². The van der Waals surface area contributed by atoms with Crippen molar-refractivity contribution in [2.75, 3.05) is 5.73 Å². The maximum absolute atomic E-state index is 5.61. The normalized spacial score (nSPS) is 9.85. The van der Waals surface area contributed by atoms with Crippen molar-refractivity contribution in [3.8, 4) is 10.4 Å². The summed E-state index contributed by atoms with van der Waals surface area (Å²) < 4.78 is 0. The van der Waals surface area contributed by atoms with Crippen LogP contribution in [0.4, 0.5) is 5.69 Å². The number of hydrogen-bond acceptors (Lipinski definition) is 1. The van der Waals surface area contributed by atoms with E-state index in [9.17, 15) is 0 Å². The van der Waals surface area contributed by atoms with Gasteiger partial charge in [-0.05, 0) is 30.3 Å². The van der Waals surface area contributed by atoms with Crippen molar-refractivity contribution in [3.63, 3.8) is 0 Å². The van der Waals surface area contributed by atoms with Crippen LogP contribution in [-0.2, 0) is 0 Å². The lowest BCUT2D eigenvalue weighted by Gasteiger charge is -1.93. The van der Waals surface area contributed by atoms with Gasteiger partial charge in [-0.15, -0.1) is 0 Å². The van der Waals surface area contributed by atoms with Gasteiger partial charge in [0.25, 0.3) is 0 Å². The fourth-order valence-corrected chi connectivity index (χ4v) is 1.90. The first kappa shape index (κ1) is 8.20. The molecule has 0 radical (unpaired) electrons. The summed E-state index contributed by atoms with van der Waals surface area (Å²) in [5, 5.41) is 2.08. The van der Waals surface area contributed by atoms with Gasteiger partial charge in [0, 0.05) is 17.3 Å². The van der Waals surface area contributed by atoms with E-state index in [4.69, 9.17) is 5.73 Å². The smallest absolute Gasteiger partial charge is 0.237 e. The van der Waals surface area contributed by atoms with Crippen molar-refractivity contribution in [1.82, 2.24) is 0 Å². The molecule has 2 aromatic rings. The Kier molecular flexibility index (Phi) is 2.23. The molecule has 1 aromatic heterocycles. The third-order valence-electron chi connectivity index (χ3n) is 1.83. The van der Waals surface area contributed by atoms with Gasteiger partial charge in [-0.3, -0.25) is 0 Å². The molecule has 1 nitrogen and oxygen atoms in total. The molecule has 0 unspecified atom stereocenters. The molecule has 2 heteroatoms. The summed E-state index contributed by atoms with van der Waals surface area (Å²) >= 11 is 1.73. The summed E-state index contributed by atoms with van der Waals surface area (Å²) in [5.74, 6) is 0. The SMILES string of the molecule is Nc1ccc(-c2cccc[s+]2)cc1. The second kappa shape index (κ2) is 3.54. The van der Waals surface area contributed by atoms with Gasteiger partial charge >= 0.3 is 0 Å². The van der Waals surface area contributed by atoms with E-state index in [0.717, 1.165) is 5.69 Å². The van der Waals surface area contributed by atoms with Gasteiger partial charge in [-0.25, -0.2) is 0 Å². The van der Waals surface area contributed by atoms with Gasteiger partial charge in [0.15, 0.2) is 5.38 Å². The fraction of sp³-hybridized carbons (Fsp3) is 0. The molecule has 0 atom stereocenters. The molecule has 1 heterocycles. The minimum absolute atomic E-state index is 0.810. The fourth-order valence-electron chi connectivity index (χ4n) is 1.15. The summed E-state index contributed by atoms with van der Waals surface area (Å²) in [6.07, 6.45) is 0. The van der Waals surface area contributed by atoms with E-state index in [2.05, 4.69) is 11.4 Å². The average Bonchev–Trinajstić information content (AvgIpc) is 2.20. The Labute approximate surface area is 81.5 Å². The van der Waals surface area contributed by atoms with Crippen LogP contribution in [0.5, 0.6) is 0 Å². The largest absolute Gasteiger partial charge is 0.399 e. The van der Waals surface area contributed by atoms with Crippen LogP contribution in [0.15, 0.2) is 47.8 Å². The Bertz CT molecular complexity index is 381. The topological polar surface area (TPSA) is 26.0 Å². The molecular weight excluding hydrogens is 178 g/mol. The van der Waals surface area contributed by atoms with E-state index in [1.807, 2.05) is 36.4 Å². The van der Waals surface area contributed by atoms with E-state index < -0.39 is 0 Å². The highest BCUT2D eigenvalue weighted by atomic mass is 32.1. The van der Waals surface area contributed by atoms with Gasteiger partial charge in [0.05, 0.1) is 0 Å². The first-order chi connectivity index (χ1) is 6.36. The van der Waals surface area contributed by atoms with E-state index in [0.29, 0.717) is 0 Å². The quantitative estimate of drug-likeness (QED) is 0.539. The maximum atomic E-state index is 5.61. The third-order valence-corrected chi connectivity index (χ3v) is 2.75. The molecule has 2 rings (SSSR count). The van der Waals surface area contributed by atoms with E-state index in [1.54, 1.807) is 11.3 Å². The predicted octanol–water partition coefficient (Wildman–Crippen LogP) is 3.28. The van der Waals surface area contributed by atoms with Crippen molar-refractivity contribution in [3.05, 3.63) is 47.8 Å². The van der Waals surface area contributed by atoms with Crippen molar-refractivity contribution in [2.45, 2.75) is 0 Å². The molecule has 13 heavy (non-hydrogen) atoms. The van der Waals surface area contributed by atoms with Crippen molar-refractivity contribution >= 4 is 17.0 Å². The number of rotatable bonds is 1. The zero-order chi connectivity index (χ0) is 9.10. The monoisotopic (exact) mass is 188 g/mol. The lowest BCUT2D eigenvalue weighted by Crippen LogP contribution is -1.82. The standard InChI is InChI=1S/C11H10NS/c12-10-6-4-9(5-7-10)11-3-1-2-8-13-11/h1-8H,12H2/q+1. The van der Waals surface area contributed by atoms with Gasteiger partial charge in [-0.2, -0.15) is 0 Å². The van der Waals surface area contributed by atoms with Crippen LogP contribution in [-0.4, -0.2) is 0 Å². The van der Waals surface area contributed by atoms with Gasteiger partial charge < -0.3 is 5.73 Å². The highest BCUT2D eigenvalue weighted by molar-refractivity contribution is 7.13. The molecular formula is C11H10NS+. The first-order valence-electron chi connectivity index (χ1n) is 4.09. The van der Waals surface area contributed by atoms with Crippen molar-refractivity contribution in [1.29, 1.82) is 0 Å². The molecule has 0 saturated heterocycles. The van der Waals surface area contributed by atoms with Gasteiger partial charge in [0.2, 0.25) is 16.2 Å². The Hall–Kier alpha value is -1.41.